The van der Waals surface area contributed by atoms with E-state index in [9.17, 15) is 19.2 Å². The van der Waals surface area contributed by atoms with Crippen molar-refractivity contribution in [3.63, 3.8) is 0 Å². The largest absolute Gasteiger partial charge is 0.325 e. The number of hydrogen-bond acceptors (Lipinski definition) is 7. The number of nitrogens with zero attached hydrogens (tertiary/aromatic N) is 3. The number of rotatable bonds is 12. The van der Waals surface area contributed by atoms with Crippen LogP contribution < -0.4 is 21.0 Å². The van der Waals surface area contributed by atoms with Crippen LogP contribution in [0.3, 0.4) is 0 Å². The van der Waals surface area contributed by atoms with E-state index in [2.05, 4.69) is 20.9 Å². The average molecular weight is 581 g/mol. The third-order valence-corrected chi connectivity index (χ3v) is 6.19. The Morgan fingerprint density at radius 2 is 1.48 bits per heavy atom. The number of Topliss-reactive ketones (excluding diaryl/α,β-unsaturated/α-hetero) is 1. The highest BCUT2D eigenvalue weighted by Crippen LogP contribution is 2.21. The lowest BCUT2D eigenvalue weighted by atomic mass is 10.0. The average Bonchev–Trinajstić information content (AvgIpc) is 2.97. The Bertz CT molecular complexity index is 1410. The monoisotopic (exact) mass is 580 g/mol. The molecule has 0 aromatic heterocycles. The quantitative estimate of drug-likeness (QED) is 0.126. The normalized spacial score (nSPS) is 11.2. The van der Waals surface area contributed by atoms with Crippen LogP contribution in [0.4, 0.5) is 11.4 Å². The fourth-order valence-corrected chi connectivity index (χ4v) is 3.79. The summed E-state index contributed by atoms with van der Waals surface area (Å²) < 4.78 is 0.967. The molecule has 3 aromatic carbocycles. The number of para-hydroxylation sites is 2. The molecular weight excluding hydrogens is 555 g/mol. The van der Waals surface area contributed by atoms with Crippen LogP contribution in [-0.2, 0) is 19.2 Å². The van der Waals surface area contributed by atoms with Gasteiger partial charge in [0.05, 0.1) is 22.6 Å². The molecule has 0 saturated heterocycles. The summed E-state index contributed by atoms with van der Waals surface area (Å²) in [5.74, 6) is 3.80. The molecule has 0 bridgehead atoms. The van der Waals surface area contributed by atoms with E-state index in [-0.39, 0.29) is 37.3 Å². The van der Waals surface area contributed by atoms with Crippen molar-refractivity contribution in [1.82, 2.24) is 5.43 Å². The predicted octanol–water partition coefficient (Wildman–Crippen LogP) is 4.41. The summed E-state index contributed by atoms with van der Waals surface area (Å²) in [6, 6.07) is 22.0. The van der Waals surface area contributed by atoms with Gasteiger partial charge in [0, 0.05) is 43.0 Å². The lowest BCUT2D eigenvalue weighted by Gasteiger charge is -2.13. The summed E-state index contributed by atoms with van der Waals surface area (Å²) in [5, 5.41) is 10.5. The molecule has 12 heteroatoms. The van der Waals surface area contributed by atoms with Crippen molar-refractivity contribution in [2.45, 2.75) is 25.7 Å². The van der Waals surface area contributed by atoms with Crippen molar-refractivity contribution < 1.29 is 19.2 Å². The highest BCUT2D eigenvalue weighted by molar-refractivity contribution is 6.46. The van der Waals surface area contributed by atoms with E-state index in [4.69, 9.17) is 29.2 Å². The molecule has 0 heterocycles. The maximum Gasteiger partial charge on any atom is 0.242 e. The maximum atomic E-state index is 12.7. The molecule has 3 aromatic rings. The van der Waals surface area contributed by atoms with Gasteiger partial charge in [0.1, 0.15) is 5.71 Å². The second kappa shape index (κ2) is 15.2. The van der Waals surface area contributed by atoms with E-state index in [0.29, 0.717) is 27.5 Å². The minimum atomic E-state index is -0.442. The number of carbonyl (C=O) groups excluding carboxylic acids is 4. The number of carbonyl (C=O) groups is 4. The van der Waals surface area contributed by atoms with Gasteiger partial charge in [0.25, 0.3) is 0 Å². The van der Waals surface area contributed by atoms with Crippen molar-refractivity contribution in [1.29, 1.82) is 0 Å². The number of benzene rings is 3. The summed E-state index contributed by atoms with van der Waals surface area (Å²) in [7, 11) is 0. The number of hydrogen-bond donors (Lipinski definition) is 3. The van der Waals surface area contributed by atoms with Crippen LogP contribution in [0.5, 0.6) is 0 Å². The Labute approximate surface area is 240 Å². The standard InChI is InChI=1S/C28H26Cl2N6O4/c29-22-8-4-5-9-23(22)33-25(38)15-16-26(39)35-32-18-19-10-12-20(13-11-19)28(34-31)24(37)14-17-27(40)36(30)21-6-2-1-3-7-21/h1-13,18H,14-17,31H2,(H,33,38)(H,35,39). The van der Waals surface area contributed by atoms with E-state index in [1.807, 2.05) is 0 Å². The zero-order valence-corrected chi connectivity index (χ0v) is 22.7. The van der Waals surface area contributed by atoms with Crippen molar-refractivity contribution in [3.8, 4) is 0 Å². The predicted molar refractivity (Wildman–Crippen MR) is 156 cm³/mol. The fraction of sp³-hybridized carbons (Fsp3) is 0.143. The maximum absolute atomic E-state index is 12.7. The van der Waals surface area contributed by atoms with Crippen LogP contribution in [0.25, 0.3) is 0 Å². The first-order chi connectivity index (χ1) is 19.3. The molecule has 3 rings (SSSR count). The first-order valence-electron chi connectivity index (χ1n) is 12.1. The van der Waals surface area contributed by atoms with Crippen LogP contribution in [0.2, 0.25) is 5.02 Å². The first-order valence-corrected chi connectivity index (χ1v) is 12.8. The van der Waals surface area contributed by atoms with Gasteiger partial charge in [-0.05, 0) is 29.8 Å². The van der Waals surface area contributed by atoms with E-state index in [0.717, 1.165) is 4.42 Å². The van der Waals surface area contributed by atoms with Crippen molar-refractivity contribution in [3.05, 3.63) is 95.0 Å². The van der Waals surface area contributed by atoms with E-state index < -0.39 is 17.6 Å². The Kier molecular flexibility index (Phi) is 11.4. The van der Waals surface area contributed by atoms with Crippen molar-refractivity contribution in [2.75, 3.05) is 9.74 Å². The van der Waals surface area contributed by atoms with Crippen molar-refractivity contribution >= 4 is 70.2 Å². The third kappa shape index (κ3) is 9.04. The van der Waals surface area contributed by atoms with Gasteiger partial charge in [-0.3, -0.25) is 19.2 Å². The zero-order chi connectivity index (χ0) is 28.9. The molecule has 0 unspecified atom stereocenters. The first kappa shape index (κ1) is 30.0. The summed E-state index contributed by atoms with van der Waals surface area (Å²) in [4.78, 5) is 49.1. The van der Waals surface area contributed by atoms with Crippen LogP contribution in [0.15, 0.2) is 89.1 Å². The Balaban J connectivity index is 1.45. The highest BCUT2D eigenvalue weighted by atomic mass is 35.5. The molecule has 0 radical (unpaired) electrons. The lowest BCUT2D eigenvalue weighted by Crippen LogP contribution is -2.24. The minimum absolute atomic E-state index is 0.0143. The van der Waals surface area contributed by atoms with Gasteiger partial charge in [-0.25, -0.2) is 9.84 Å². The molecule has 3 amide bonds. The second-order valence-corrected chi connectivity index (χ2v) is 9.10. The van der Waals surface area contributed by atoms with Crippen LogP contribution in [0, 0.1) is 0 Å². The number of anilines is 2. The number of hydrazone groups is 2. The molecule has 0 aliphatic heterocycles. The Morgan fingerprint density at radius 1 is 0.825 bits per heavy atom. The van der Waals surface area contributed by atoms with Crippen LogP contribution >= 0.6 is 23.4 Å². The number of amides is 3. The molecule has 0 atom stereocenters. The number of nitrogens with one attached hydrogen (secondary N) is 2. The smallest absolute Gasteiger partial charge is 0.242 e. The van der Waals surface area contributed by atoms with Gasteiger partial charge >= 0.3 is 0 Å². The fourth-order valence-electron chi connectivity index (χ4n) is 3.41. The van der Waals surface area contributed by atoms with Crippen molar-refractivity contribution in [2.24, 2.45) is 16.0 Å². The number of ketones is 1. The van der Waals surface area contributed by atoms with Crippen LogP contribution in [0.1, 0.15) is 36.8 Å². The molecule has 0 saturated carbocycles. The summed E-state index contributed by atoms with van der Waals surface area (Å²) in [6.45, 7) is 0. The molecule has 0 aliphatic rings. The molecule has 0 fully saturated rings. The van der Waals surface area contributed by atoms with Crippen LogP contribution in [-0.4, -0.2) is 35.4 Å². The molecule has 0 spiro atoms. The Morgan fingerprint density at radius 3 is 2.15 bits per heavy atom. The number of halogens is 2. The highest BCUT2D eigenvalue weighted by Gasteiger charge is 2.19. The molecule has 4 N–H and O–H groups in total. The molecule has 10 nitrogen and oxygen atoms in total. The van der Waals surface area contributed by atoms with Gasteiger partial charge in [-0.15, -0.1) is 0 Å². The summed E-state index contributed by atoms with van der Waals surface area (Å²) >= 11 is 12.1. The molecule has 0 aliphatic carbocycles. The SMILES string of the molecule is NN=C(C(=O)CCC(=O)N(Cl)c1ccccc1)c1ccc(C=NNC(=O)CCC(=O)Nc2ccccc2Cl)cc1. The van der Waals surface area contributed by atoms with Gasteiger partial charge in [-0.2, -0.15) is 10.2 Å². The third-order valence-electron chi connectivity index (χ3n) is 5.48. The molecule has 40 heavy (non-hydrogen) atoms. The topological polar surface area (TPSA) is 146 Å². The minimum Gasteiger partial charge on any atom is -0.325 e. The van der Waals surface area contributed by atoms with Gasteiger partial charge < -0.3 is 11.2 Å². The van der Waals surface area contributed by atoms with Gasteiger partial charge in [0.2, 0.25) is 17.7 Å². The summed E-state index contributed by atoms with van der Waals surface area (Å²) in [6.07, 6.45) is 1.04. The second-order valence-electron chi connectivity index (χ2n) is 8.35. The van der Waals surface area contributed by atoms with Gasteiger partial charge in [-0.1, -0.05) is 66.2 Å². The number of nitrogens with two attached hydrogens (primary N) is 1. The van der Waals surface area contributed by atoms with Gasteiger partial charge in [0.15, 0.2) is 5.78 Å². The lowest BCUT2D eigenvalue weighted by molar-refractivity contribution is -0.124. The molecule has 206 valence electrons. The Hall–Kier alpha value is -4.54. The van der Waals surface area contributed by atoms with E-state index >= 15 is 0 Å². The van der Waals surface area contributed by atoms with E-state index in [1.165, 1.54) is 6.21 Å². The summed E-state index contributed by atoms with van der Waals surface area (Å²) in [5.41, 5.74) is 4.42. The molecular formula is C28H26Cl2N6O4. The zero-order valence-electron chi connectivity index (χ0n) is 21.2. The van der Waals surface area contributed by atoms with E-state index in [1.54, 1.807) is 78.9 Å².